The second-order valence-electron chi connectivity index (χ2n) is 11.6. The maximum Gasteiger partial charge on any atom is 0.346 e. The summed E-state index contributed by atoms with van der Waals surface area (Å²) < 4.78 is 6.76. The fourth-order valence-corrected chi connectivity index (χ4v) is 5.59. The standard InChI is InChI=1S/C35H39N5OS/c1-5-39-33(37-40(34(39)41)25-27-17-19-29(20-18-27)35(2,3)4)16-10-12-26-11-9-13-28(23-26)32-22-21-30(24-36-32)38-42-31-14-7-6-8-15-31/h6-9,11,13-15,17-24,38H,5,10,12,16,25H2,1-4H3. The quantitative estimate of drug-likeness (QED) is 0.163. The predicted molar refractivity (Wildman–Crippen MR) is 174 cm³/mol. The van der Waals surface area contributed by atoms with Crippen LogP contribution in [0.1, 0.15) is 56.6 Å². The number of aryl methyl sites for hydroxylation is 2. The molecule has 0 saturated heterocycles. The molecular formula is C35H39N5OS. The largest absolute Gasteiger partial charge is 0.346 e. The molecule has 2 heterocycles. The summed E-state index contributed by atoms with van der Waals surface area (Å²) in [7, 11) is 0. The Labute approximate surface area is 253 Å². The molecular weight excluding hydrogens is 538 g/mol. The van der Waals surface area contributed by atoms with E-state index in [9.17, 15) is 4.79 Å². The molecule has 0 bridgehead atoms. The summed E-state index contributed by atoms with van der Waals surface area (Å²) in [4.78, 5) is 18.9. The van der Waals surface area contributed by atoms with E-state index in [4.69, 9.17) is 5.10 Å². The Morgan fingerprint density at radius 2 is 1.64 bits per heavy atom. The number of nitrogens with zero attached hydrogens (tertiary/aromatic N) is 4. The molecule has 0 spiro atoms. The molecule has 216 valence electrons. The Hall–Kier alpha value is -4.10. The molecule has 0 fully saturated rings. The van der Waals surface area contributed by atoms with Crippen LogP contribution >= 0.6 is 11.9 Å². The van der Waals surface area contributed by atoms with Crippen molar-refractivity contribution in [2.45, 2.75) is 70.4 Å². The van der Waals surface area contributed by atoms with E-state index in [1.54, 1.807) is 21.2 Å². The van der Waals surface area contributed by atoms with Gasteiger partial charge < -0.3 is 4.72 Å². The van der Waals surface area contributed by atoms with Gasteiger partial charge in [-0.15, -0.1) is 0 Å². The Bertz CT molecular complexity index is 1650. The lowest BCUT2D eigenvalue weighted by Crippen LogP contribution is -2.25. The van der Waals surface area contributed by atoms with Crippen LogP contribution in [0.25, 0.3) is 11.3 Å². The van der Waals surface area contributed by atoms with E-state index in [0.29, 0.717) is 13.1 Å². The zero-order valence-corrected chi connectivity index (χ0v) is 25.7. The SMILES string of the molecule is CCn1c(CCCc2cccc(-c3ccc(NSc4ccccc4)cn3)c2)nn(Cc2ccc(C(C)(C)C)cc2)c1=O. The highest BCUT2D eigenvalue weighted by molar-refractivity contribution is 8.00. The first-order chi connectivity index (χ1) is 20.3. The highest BCUT2D eigenvalue weighted by Crippen LogP contribution is 2.24. The number of benzene rings is 3. The summed E-state index contributed by atoms with van der Waals surface area (Å²) in [5.74, 6) is 0.850. The number of aromatic nitrogens is 4. The Balaban J connectivity index is 1.19. The molecule has 7 heteroatoms. The number of hydrogen-bond acceptors (Lipinski definition) is 5. The van der Waals surface area contributed by atoms with Gasteiger partial charge in [0.15, 0.2) is 0 Å². The van der Waals surface area contributed by atoms with Crippen LogP contribution in [0.2, 0.25) is 0 Å². The third-order valence-electron chi connectivity index (χ3n) is 7.35. The van der Waals surface area contributed by atoms with Crippen molar-refractivity contribution in [3.8, 4) is 11.3 Å². The molecule has 0 radical (unpaired) electrons. The van der Waals surface area contributed by atoms with Gasteiger partial charge in [0.2, 0.25) is 0 Å². The zero-order valence-electron chi connectivity index (χ0n) is 24.9. The van der Waals surface area contributed by atoms with Gasteiger partial charge in [0.25, 0.3) is 0 Å². The molecule has 5 aromatic rings. The van der Waals surface area contributed by atoms with Crippen LogP contribution in [0, 0.1) is 0 Å². The summed E-state index contributed by atoms with van der Waals surface area (Å²) in [6.45, 7) is 9.72. The number of nitrogens with one attached hydrogen (secondary N) is 1. The molecule has 0 atom stereocenters. The monoisotopic (exact) mass is 577 g/mol. The summed E-state index contributed by atoms with van der Waals surface area (Å²) >= 11 is 1.57. The highest BCUT2D eigenvalue weighted by atomic mass is 32.2. The molecule has 0 aliphatic carbocycles. The number of pyridine rings is 1. The van der Waals surface area contributed by atoms with E-state index in [2.05, 4.69) is 103 Å². The smallest absolute Gasteiger partial charge is 0.324 e. The van der Waals surface area contributed by atoms with Crippen LogP contribution in [0.3, 0.4) is 0 Å². The van der Waals surface area contributed by atoms with Crippen molar-refractivity contribution in [3.05, 3.63) is 130 Å². The minimum atomic E-state index is -0.0411. The third kappa shape index (κ3) is 7.39. The lowest BCUT2D eigenvalue weighted by Gasteiger charge is -2.19. The van der Waals surface area contributed by atoms with Crippen LogP contribution < -0.4 is 10.4 Å². The Morgan fingerprint density at radius 1 is 0.857 bits per heavy atom. The lowest BCUT2D eigenvalue weighted by atomic mass is 9.87. The molecule has 0 saturated carbocycles. The van der Waals surface area contributed by atoms with Gasteiger partial charge in [0, 0.05) is 23.4 Å². The molecule has 6 nitrogen and oxygen atoms in total. The van der Waals surface area contributed by atoms with Gasteiger partial charge in [-0.3, -0.25) is 9.55 Å². The van der Waals surface area contributed by atoms with E-state index in [0.717, 1.165) is 52.5 Å². The second-order valence-corrected chi connectivity index (χ2v) is 12.4. The minimum absolute atomic E-state index is 0.0411. The summed E-state index contributed by atoms with van der Waals surface area (Å²) in [6, 6.07) is 31.4. The Morgan fingerprint density at radius 3 is 2.33 bits per heavy atom. The zero-order chi connectivity index (χ0) is 29.5. The van der Waals surface area contributed by atoms with Crippen molar-refractivity contribution in [3.63, 3.8) is 0 Å². The molecule has 0 unspecified atom stereocenters. The molecule has 2 aromatic heterocycles. The average molecular weight is 578 g/mol. The topological polar surface area (TPSA) is 64.7 Å². The van der Waals surface area contributed by atoms with E-state index in [1.165, 1.54) is 11.1 Å². The normalized spacial score (nSPS) is 11.5. The summed E-state index contributed by atoms with van der Waals surface area (Å²) in [6.07, 6.45) is 4.44. The minimum Gasteiger partial charge on any atom is -0.324 e. The van der Waals surface area contributed by atoms with Crippen LogP contribution in [-0.4, -0.2) is 19.3 Å². The lowest BCUT2D eigenvalue weighted by molar-refractivity contribution is 0.588. The van der Waals surface area contributed by atoms with E-state index in [1.807, 2.05) is 31.3 Å². The van der Waals surface area contributed by atoms with Gasteiger partial charge in [-0.2, -0.15) is 5.10 Å². The molecule has 0 aliphatic rings. The maximum atomic E-state index is 13.1. The van der Waals surface area contributed by atoms with Crippen LogP contribution in [0.5, 0.6) is 0 Å². The van der Waals surface area contributed by atoms with Gasteiger partial charge in [-0.1, -0.05) is 81.4 Å². The van der Waals surface area contributed by atoms with Crippen LogP contribution in [0.15, 0.2) is 107 Å². The first-order valence-electron chi connectivity index (χ1n) is 14.6. The average Bonchev–Trinajstić information content (AvgIpc) is 3.30. The maximum absolute atomic E-state index is 13.1. The van der Waals surface area contributed by atoms with Crippen molar-refractivity contribution in [2.75, 3.05) is 4.72 Å². The molecule has 3 aromatic carbocycles. The first-order valence-corrected chi connectivity index (χ1v) is 15.4. The van der Waals surface area contributed by atoms with Gasteiger partial charge in [-0.05, 0) is 84.2 Å². The van der Waals surface area contributed by atoms with Crippen LogP contribution in [-0.2, 0) is 31.3 Å². The van der Waals surface area contributed by atoms with E-state index < -0.39 is 0 Å². The fourth-order valence-electron chi connectivity index (χ4n) is 4.94. The van der Waals surface area contributed by atoms with Crippen molar-refractivity contribution in [2.24, 2.45) is 0 Å². The van der Waals surface area contributed by atoms with Crippen molar-refractivity contribution >= 4 is 17.6 Å². The third-order valence-corrected chi connectivity index (χ3v) is 8.20. The van der Waals surface area contributed by atoms with Gasteiger partial charge in [0.1, 0.15) is 5.82 Å². The molecule has 5 rings (SSSR count). The van der Waals surface area contributed by atoms with Gasteiger partial charge >= 0.3 is 5.69 Å². The highest BCUT2D eigenvalue weighted by Gasteiger charge is 2.15. The molecule has 42 heavy (non-hydrogen) atoms. The molecule has 0 aliphatic heterocycles. The van der Waals surface area contributed by atoms with Crippen molar-refractivity contribution < 1.29 is 0 Å². The molecule has 0 amide bonds. The summed E-state index contributed by atoms with van der Waals surface area (Å²) in [5.41, 5.74) is 6.69. The fraction of sp³-hybridized carbons (Fsp3) is 0.286. The van der Waals surface area contributed by atoms with Crippen molar-refractivity contribution in [1.29, 1.82) is 0 Å². The molecule has 1 N–H and O–H groups in total. The number of hydrogen-bond donors (Lipinski definition) is 1. The number of anilines is 1. The van der Waals surface area contributed by atoms with Crippen LogP contribution in [0.4, 0.5) is 5.69 Å². The first kappa shape index (κ1) is 29.4. The Kier molecular flexibility index (Phi) is 9.28. The van der Waals surface area contributed by atoms with E-state index >= 15 is 0 Å². The second kappa shape index (κ2) is 13.3. The summed E-state index contributed by atoms with van der Waals surface area (Å²) in [5, 5.41) is 4.74. The van der Waals surface area contributed by atoms with E-state index in [-0.39, 0.29) is 11.1 Å². The number of rotatable bonds is 11. The van der Waals surface area contributed by atoms with Gasteiger partial charge in [0.05, 0.1) is 24.1 Å². The van der Waals surface area contributed by atoms with Gasteiger partial charge in [-0.25, -0.2) is 9.48 Å². The predicted octanol–water partition coefficient (Wildman–Crippen LogP) is 7.77. The van der Waals surface area contributed by atoms with Crippen molar-refractivity contribution in [1.82, 2.24) is 19.3 Å².